The maximum Gasteiger partial charge on any atom is 0.416 e. The molecular formula is C30H29ClF4N2O3S2. The lowest BCUT2D eigenvalue weighted by Crippen LogP contribution is -2.45. The Morgan fingerprint density at radius 1 is 1.10 bits per heavy atom. The van der Waals surface area contributed by atoms with E-state index in [-0.39, 0.29) is 22.8 Å². The molecule has 0 radical (unpaired) electrons. The van der Waals surface area contributed by atoms with Crippen LogP contribution in [0.15, 0.2) is 65.6 Å². The van der Waals surface area contributed by atoms with Crippen LogP contribution in [0, 0.1) is 5.82 Å². The van der Waals surface area contributed by atoms with Crippen LogP contribution in [0.2, 0.25) is 5.02 Å². The van der Waals surface area contributed by atoms with Crippen molar-refractivity contribution >= 4 is 50.7 Å². The van der Waals surface area contributed by atoms with Crippen molar-refractivity contribution in [1.82, 2.24) is 4.90 Å². The maximum atomic E-state index is 14.5. The Kier molecular flexibility index (Phi) is 9.13. The molecule has 1 atom stereocenters. The van der Waals surface area contributed by atoms with Gasteiger partial charge in [-0.15, -0.1) is 0 Å². The van der Waals surface area contributed by atoms with Crippen molar-refractivity contribution in [2.24, 2.45) is 0 Å². The molecule has 0 amide bonds. The molecular weight excluding hydrogens is 612 g/mol. The second kappa shape index (κ2) is 12.5. The molecule has 42 heavy (non-hydrogen) atoms. The number of nitrogens with zero attached hydrogens (tertiary/aromatic N) is 2. The molecule has 12 heteroatoms. The lowest BCUT2D eigenvalue weighted by atomic mass is 10.0. The van der Waals surface area contributed by atoms with E-state index in [0.29, 0.717) is 35.9 Å². The summed E-state index contributed by atoms with van der Waals surface area (Å²) in [6.45, 7) is 4.19. The molecule has 2 heterocycles. The number of fused-ring (bicyclic) bond motifs is 1. The third-order valence-electron chi connectivity index (χ3n) is 7.28. The van der Waals surface area contributed by atoms with Crippen LogP contribution in [-0.4, -0.2) is 57.1 Å². The Morgan fingerprint density at radius 2 is 1.83 bits per heavy atom. The fraction of sp³-hybridized carbons (Fsp3) is 0.333. The summed E-state index contributed by atoms with van der Waals surface area (Å²) in [5.41, 5.74) is 0.421. The minimum Gasteiger partial charge on any atom is -0.486 e. The molecule has 3 aromatic rings. The molecule has 5 rings (SSSR count). The number of hydrogen-bond acceptors (Lipinski definition) is 5. The van der Waals surface area contributed by atoms with Crippen LogP contribution in [0.1, 0.15) is 30.0 Å². The molecule has 1 saturated heterocycles. The molecule has 0 N–H and O–H groups in total. The Hall–Kier alpha value is -2.73. The highest BCUT2D eigenvalue weighted by atomic mass is 35.5. The first-order chi connectivity index (χ1) is 19.9. The second-order valence-corrected chi connectivity index (χ2v) is 13.7. The molecule has 0 saturated carbocycles. The van der Waals surface area contributed by atoms with E-state index >= 15 is 0 Å². The predicted molar refractivity (Wildman–Crippen MR) is 160 cm³/mol. The Labute approximate surface area is 252 Å². The van der Waals surface area contributed by atoms with Gasteiger partial charge in [0.1, 0.15) is 17.7 Å². The van der Waals surface area contributed by atoms with Crippen LogP contribution >= 0.6 is 23.4 Å². The van der Waals surface area contributed by atoms with E-state index in [1.807, 2.05) is 11.8 Å². The predicted octanol–water partition coefficient (Wildman–Crippen LogP) is 7.45. The van der Waals surface area contributed by atoms with Gasteiger partial charge < -0.3 is 9.64 Å². The monoisotopic (exact) mass is 640 g/mol. The number of thioether (sulfide) groups is 1. The quantitative estimate of drug-likeness (QED) is 0.198. The number of hydrogen-bond donors (Lipinski definition) is 0. The Bertz CT molecular complexity index is 1570. The van der Waals surface area contributed by atoms with Gasteiger partial charge in [0.15, 0.2) is 0 Å². The SMILES string of the molecule is C/C(=C\c1ccc2c(c1)N(S(=O)(=O)c1cccc(C(F)(F)F)c1)C[C@H](CCN1CCSCC1)O2)c1c(F)cccc1Cl. The van der Waals surface area contributed by atoms with Crippen LogP contribution in [0.5, 0.6) is 5.75 Å². The molecule has 5 nitrogen and oxygen atoms in total. The van der Waals surface area contributed by atoms with Gasteiger partial charge in [-0.3, -0.25) is 4.31 Å². The highest BCUT2D eigenvalue weighted by molar-refractivity contribution is 7.99. The molecule has 0 bridgehead atoms. The van der Waals surface area contributed by atoms with E-state index in [9.17, 15) is 26.0 Å². The third-order valence-corrected chi connectivity index (χ3v) is 10.3. The summed E-state index contributed by atoms with van der Waals surface area (Å²) in [6.07, 6.45) is -2.99. The van der Waals surface area contributed by atoms with Gasteiger partial charge in [0, 0.05) is 36.7 Å². The number of allylic oxidation sites excluding steroid dienone is 1. The van der Waals surface area contributed by atoms with E-state index < -0.39 is 38.6 Å². The van der Waals surface area contributed by atoms with Gasteiger partial charge in [0.05, 0.1) is 27.7 Å². The van der Waals surface area contributed by atoms with Gasteiger partial charge in [0.25, 0.3) is 10.0 Å². The largest absolute Gasteiger partial charge is 0.486 e. The lowest BCUT2D eigenvalue weighted by Gasteiger charge is -2.37. The Balaban J connectivity index is 1.52. The normalized spacial score (nSPS) is 18.5. The van der Waals surface area contributed by atoms with Gasteiger partial charge >= 0.3 is 6.18 Å². The molecule has 224 valence electrons. The maximum absolute atomic E-state index is 14.5. The summed E-state index contributed by atoms with van der Waals surface area (Å²) in [7, 11) is -4.41. The zero-order valence-electron chi connectivity index (χ0n) is 22.7. The number of rotatable bonds is 7. The molecule has 2 aliphatic heterocycles. The number of benzene rings is 3. The van der Waals surface area contributed by atoms with Crippen molar-refractivity contribution in [2.75, 3.05) is 42.0 Å². The number of sulfonamides is 1. The zero-order chi connectivity index (χ0) is 30.1. The first-order valence-electron chi connectivity index (χ1n) is 13.4. The van der Waals surface area contributed by atoms with E-state index in [1.54, 1.807) is 37.3 Å². The average molecular weight is 641 g/mol. The van der Waals surface area contributed by atoms with Gasteiger partial charge in [-0.2, -0.15) is 24.9 Å². The lowest BCUT2D eigenvalue weighted by molar-refractivity contribution is -0.137. The molecule has 0 spiro atoms. The van der Waals surface area contributed by atoms with Crippen molar-refractivity contribution in [3.8, 4) is 5.75 Å². The van der Waals surface area contributed by atoms with Gasteiger partial charge in [-0.1, -0.05) is 35.9 Å². The summed E-state index contributed by atoms with van der Waals surface area (Å²) < 4.78 is 90.2. The van der Waals surface area contributed by atoms with Crippen LogP contribution in [-0.2, 0) is 16.2 Å². The van der Waals surface area contributed by atoms with Crippen LogP contribution in [0.4, 0.5) is 23.2 Å². The van der Waals surface area contributed by atoms with Crippen molar-refractivity contribution in [1.29, 1.82) is 0 Å². The molecule has 0 aromatic heterocycles. The van der Waals surface area contributed by atoms with Gasteiger partial charge in [-0.25, -0.2) is 12.8 Å². The molecule has 2 aliphatic rings. The van der Waals surface area contributed by atoms with Crippen molar-refractivity contribution in [3.63, 3.8) is 0 Å². The first kappa shape index (κ1) is 30.7. The zero-order valence-corrected chi connectivity index (χ0v) is 25.1. The van der Waals surface area contributed by atoms with Crippen LogP contribution in [0.3, 0.4) is 0 Å². The third kappa shape index (κ3) is 6.74. The first-order valence-corrected chi connectivity index (χ1v) is 16.3. The Morgan fingerprint density at radius 3 is 2.55 bits per heavy atom. The van der Waals surface area contributed by atoms with Gasteiger partial charge in [0.2, 0.25) is 0 Å². The van der Waals surface area contributed by atoms with E-state index in [0.717, 1.165) is 47.1 Å². The molecule has 3 aromatic carbocycles. The number of anilines is 1. The molecule has 0 unspecified atom stereocenters. The average Bonchev–Trinajstić information content (AvgIpc) is 2.96. The summed E-state index contributed by atoms with van der Waals surface area (Å²) in [5.74, 6) is 1.85. The van der Waals surface area contributed by atoms with E-state index in [4.69, 9.17) is 16.3 Å². The molecule has 1 fully saturated rings. The van der Waals surface area contributed by atoms with E-state index in [1.165, 1.54) is 12.1 Å². The topological polar surface area (TPSA) is 49.9 Å². The number of ether oxygens (including phenoxy) is 1. The van der Waals surface area contributed by atoms with Crippen LogP contribution in [0.25, 0.3) is 11.6 Å². The standard InChI is InChI=1S/C30H29ClF4N2O3S2/c1-20(29-25(31)6-3-7-26(29)32)16-21-8-9-28-27(17-21)37(19-23(40-28)10-11-36-12-14-41-15-13-36)42(38,39)24-5-2-4-22(18-24)30(33,34)35/h2-9,16-18,23H,10-15,19H2,1H3/b20-16+/t23-/m0/s1. The van der Waals surface area contributed by atoms with Crippen LogP contribution < -0.4 is 9.04 Å². The highest BCUT2D eigenvalue weighted by Gasteiger charge is 2.37. The fourth-order valence-corrected chi connectivity index (χ4v) is 7.94. The summed E-state index contributed by atoms with van der Waals surface area (Å²) in [4.78, 5) is 1.83. The van der Waals surface area contributed by atoms with Crippen molar-refractivity contribution in [3.05, 3.63) is 88.2 Å². The number of halogens is 5. The number of alkyl halides is 3. The summed E-state index contributed by atoms with van der Waals surface area (Å²) in [5, 5.41) is 0.230. The molecule has 0 aliphatic carbocycles. The minimum absolute atomic E-state index is 0.0700. The van der Waals surface area contributed by atoms with E-state index in [2.05, 4.69) is 4.90 Å². The summed E-state index contributed by atoms with van der Waals surface area (Å²) in [6, 6.07) is 13.0. The second-order valence-electron chi connectivity index (χ2n) is 10.2. The van der Waals surface area contributed by atoms with Crippen molar-refractivity contribution < 1.29 is 30.7 Å². The van der Waals surface area contributed by atoms with Crippen molar-refractivity contribution in [2.45, 2.75) is 30.5 Å². The fourth-order valence-electron chi connectivity index (χ4n) is 5.10. The minimum atomic E-state index is -4.70. The highest BCUT2D eigenvalue weighted by Crippen LogP contribution is 2.40. The summed E-state index contributed by atoms with van der Waals surface area (Å²) >= 11 is 8.12. The smallest absolute Gasteiger partial charge is 0.416 e. The van der Waals surface area contributed by atoms with Gasteiger partial charge in [-0.05, 0) is 66.9 Å².